The fourth-order valence-electron chi connectivity index (χ4n) is 1.01. The summed E-state index contributed by atoms with van der Waals surface area (Å²) in [4.78, 5) is 2.16. The van der Waals surface area contributed by atoms with Crippen molar-refractivity contribution < 1.29 is 0 Å². The van der Waals surface area contributed by atoms with Crippen LogP contribution in [0.4, 0.5) is 5.82 Å². The molecule has 1 aromatic heterocycles. The Bertz CT molecular complexity index is 194. The van der Waals surface area contributed by atoms with Gasteiger partial charge < -0.3 is 4.90 Å². The van der Waals surface area contributed by atoms with Crippen LogP contribution in [0.2, 0.25) is 0 Å². The minimum Gasteiger partial charge on any atom is -0.356 e. The van der Waals surface area contributed by atoms with E-state index in [-0.39, 0.29) is 0 Å². The molecule has 0 aliphatic rings. The predicted octanol–water partition coefficient (Wildman–Crippen LogP) is 1.32. The molecule has 0 aliphatic carbocycles. The number of hydrogen-bond acceptors (Lipinski definition) is 3. The molecule has 0 amide bonds. The summed E-state index contributed by atoms with van der Waals surface area (Å²) in [5, 5.41) is 7.81. The van der Waals surface area contributed by atoms with E-state index in [2.05, 4.69) is 28.9 Å². The second kappa shape index (κ2) is 3.91. The lowest BCUT2D eigenvalue weighted by Gasteiger charge is -2.17. The van der Waals surface area contributed by atoms with Crippen molar-refractivity contribution in [3.8, 4) is 0 Å². The first-order chi connectivity index (χ1) is 5.38. The maximum Gasteiger partial charge on any atom is 0.151 e. The number of anilines is 1. The predicted molar refractivity (Wildman–Crippen MR) is 45.6 cm³/mol. The van der Waals surface area contributed by atoms with Gasteiger partial charge in [-0.3, -0.25) is 0 Å². The third kappa shape index (κ3) is 1.90. The fourth-order valence-corrected chi connectivity index (χ4v) is 1.01. The summed E-state index contributed by atoms with van der Waals surface area (Å²) in [5.41, 5.74) is 0. The van der Waals surface area contributed by atoms with Crippen LogP contribution < -0.4 is 4.90 Å². The molecular formula is C8H13N3. The summed E-state index contributed by atoms with van der Waals surface area (Å²) >= 11 is 0. The maximum atomic E-state index is 4.00. The minimum absolute atomic E-state index is 0.956. The molecule has 60 valence electrons. The van der Waals surface area contributed by atoms with Crippen LogP contribution in [0.1, 0.15) is 13.8 Å². The van der Waals surface area contributed by atoms with E-state index in [0.29, 0.717) is 0 Å². The molecule has 0 spiro atoms. The summed E-state index contributed by atoms with van der Waals surface area (Å²) in [6, 6.07) is 3.88. The molecule has 1 heterocycles. The molecule has 3 nitrogen and oxygen atoms in total. The van der Waals surface area contributed by atoms with Crippen LogP contribution in [0, 0.1) is 0 Å². The second-order valence-electron chi connectivity index (χ2n) is 2.25. The van der Waals surface area contributed by atoms with Crippen LogP contribution in [-0.4, -0.2) is 23.3 Å². The van der Waals surface area contributed by atoms with E-state index < -0.39 is 0 Å². The first-order valence-electron chi connectivity index (χ1n) is 3.91. The van der Waals surface area contributed by atoms with Crippen molar-refractivity contribution in [1.29, 1.82) is 0 Å². The van der Waals surface area contributed by atoms with Gasteiger partial charge in [-0.05, 0) is 26.0 Å². The summed E-state index contributed by atoms with van der Waals surface area (Å²) < 4.78 is 0. The Morgan fingerprint density at radius 2 is 2.09 bits per heavy atom. The highest BCUT2D eigenvalue weighted by Gasteiger charge is 2.00. The zero-order valence-corrected chi connectivity index (χ0v) is 6.99. The van der Waals surface area contributed by atoms with Crippen LogP contribution in [0.15, 0.2) is 18.3 Å². The van der Waals surface area contributed by atoms with Gasteiger partial charge in [0.15, 0.2) is 5.82 Å². The Kier molecular flexibility index (Phi) is 2.83. The fraction of sp³-hybridized carbons (Fsp3) is 0.500. The molecule has 0 bridgehead atoms. The van der Waals surface area contributed by atoms with Gasteiger partial charge in [-0.25, -0.2) is 0 Å². The van der Waals surface area contributed by atoms with E-state index in [1.165, 1.54) is 0 Å². The summed E-state index contributed by atoms with van der Waals surface area (Å²) in [6.45, 7) is 6.18. The Morgan fingerprint density at radius 1 is 1.36 bits per heavy atom. The number of aromatic nitrogens is 2. The molecule has 0 saturated heterocycles. The van der Waals surface area contributed by atoms with Gasteiger partial charge in [0.25, 0.3) is 0 Å². The normalized spacial score (nSPS) is 9.64. The van der Waals surface area contributed by atoms with Gasteiger partial charge in [0.2, 0.25) is 0 Å². The molecule has 0 radical (unpaired) electrons. The quantitative estimate of drug-likeness (QED) is 0.652. The molecule has 11 heavy (non-hydrogen) atoms. The highest BCUT2D eigenvalue weighted by Crippen LogP contribution is 2.05. The molecular weight excluding hydrogens is 138 g/mol. The summed E-state index contributed by atoms with van der Waals surface area (Å²) in [6.07, 6.45) is 1.69. The summed E-state index contributed by atoms with van der Waals surface area (Å²) in [5.74, 6) is 0.956. The monoisotopic (exact) mass is 151 g/mol. The van der Waals surface area contributed by atoms with Crippen molar-refractivity contribution in [3.63, 3.8) is 0 Å². The average Bonchev–Trinajstić information content (AvgIpc) is 2.09. The van der Waals surface area contributed by atoms with Crippen molar-refractivity contribution >= 4 is 5.82 Å². The van der Waals surface area contributed by atoms with Gasteiger partial charge in [-0.2, -0.15) is 5.10 Å². The first kappa shape index (κ1) is 7.98. The molecule has 0 atom stereocenters. The van der Waals surface area contributed by atoms with Crippen molar-refractivity contribution in [2.24, 2.45) is 0 Å². The van der Waals surface area contributed by atoms with E-state index in [0.717, 1.165) is 18.9 Å². The van der Waals surface area contributed by atoms with E-state index in [1.807, 2.05) is 12.1 Å². The van der Waals surface area contributed by atoms with Crippen molar-refractivity contribution in [2.45, 2.75) is 13.8 Å². The van der Waals surface area contributed by atoms with E-state index in [4.69, 9.17) is 0 Å². The van der Waals surface area contributed by atoms with E-state index in [1.54, 1.807) is 6.20 Å². The van der Waals surface area contributed by atoms with Crippen LogP contribution in [0.5, 0.6) is 0 Å². The van der Waals surface area contributed by atoms with Crippen LogP contribution in [0.3, 0.4) is 0 Å². The zero-order chi connectivity index (χ0) is 8.10. The van der Waals surface area contributed by atoms with Gasteiger partial charge in [0.1, 0.15) is 0 Å². The number of nitrogens with zero attached hydrogens (tertiary/aromatic N) is 3. The molecule has 0 unspecified atom stereocenters. The molecule has 0 saturated carbocycles. The molecule has 1 aromatic rings. The average molecular weight is 151 g/mol. The lowest BCUT2D eigenvalue weighted by atomic mass is 10.4. The van der Waals surface area contributed by atoms with Gasteiger partial charge >= 0.3 is 0 Å². The Hall–Kier alpha value is -1.12. The second-order valence-corrected chi connectivity index (χ2v) is 2.25. The van der Waals surface area contributed by atoms with Crippen molar-refractivity contribution in [3.05, 3.63) is 18.3 Å². The van der Waals surface area contributed by atoms with Gasteiger partial charge in [-0.15, -0.1) is 5.10 Å². The largest absolute Gasteiger partial charge is 0.356 e. The van der Waals surface area contributed by atoms with Crippen LogP contribution in [0.25, 0.3) is 0 Å². The van der Waals surface area contributed by atoms with Gasteiger partial charge in [0, 0.05) is 19.3 Å². The Balaban J connectivity index is 2.74. The Morgan fingerprint density at radius 3 is 2.55 bits per heavy atom. The highest BCUT2D eigenvalue weighted by atomic mass is 15.2. The molecule has 1 rings (SSSR count). The first-order valence-corrected chi connectivity index (χ1v) is 3.91. The molecule has 0 fully saturated rings. The molecule has 0 aromatic carbocycles. The lowest BCUT2D eigenvalue weighted by Crippen LogP contribution is -2.22. The highest BCUT2D eigenvalue weighted by molar-refractivity contribution is 5.35. The zero-order valence-electron chi connectivity index (χ0n) is 6.99. The Labute approximate surface area is 67.1 Å². The third-order valence-electron chi connectivity index (χ3n) is 1.65. The van der Waals surface area contributed by atoms with Crippen LogP contribution >= 0.6 is 0 Å². The lowest BCUT2D eigenvalue weighted by molar-refractivity contribution is 0.824. The molecule has 3 heteroatoms. The van der Waals surface area contributed by atoms with E-state index >= 15 is 0 Å². The van der Waals surface area contributed by atoms with Crippen molar-refractivity contribution in [1.82, 2.24) is 10.2 Å². The number of rotatable bonds is 3. The molecule has 0 N–H and O–H groups in total. The minimum atomic E-state index is 0.956. The topological polar surface area (TPSA) is 29.0 Å². The van der Waals surface area contributed by atoms with Crippen molar-refractivity contribution in [2.75, 3.05) is 18.0 Å². The maximum absolute atomic E-state index is 4.00. The summed E-state index contributed by atoms with van der Waals surface area (Å²) in [7, 11) is 0. The molecule has 0 aliphatic heterocycles. The SMILES string of the molecule is CCN(CC)c1cccnn1. The third-order valence-corrected chi connectivity index (χ3v) is 1.65. The van der Waals surface area contributed by atoms with Crippen LogP contribution in [-0.2, 0) is 0 Å². The van der Waals surface area contributed by atoms with E-state index in [9.17, 15) is 0 Å². The van der Waals surface area contributed by atoms with Gasteiger partial charge in [-0.1, -0.05) is 0 Å². The van der Waals surface area contributed by atoms with Gasteiger partial charge in [0.05, 0.1) is 0 Å². The standard InChI is InChI=1S/C8H13N3/c1-3-11(4-2)8-6-5-7-9-10-8/h5-7H,3-4H2,1-2H3. The smallest absolute Gasteiger partial charge is 0.151 e. The number of hydrogen-bond donors (Lipinski definition) is 0.